The summed E-state index contributed by atoms with van der Waals surface area (Å²) >= 11 is 0. The number of nitrogens with zero attached hydrogens (tertiary/aromatic N) is 1. The first-order valence-corrected chi connectivity index (χ1v) is 12.0. The third-order valence-electron chi connectivity index (χ3n) is 8.15. The molecule has 1 fully saturated rings. The van der Waals surface area contributed by atoms with Crippen molar-refractivity contribution in [3.63, 3.8) is 0 Å². The molecule has 0 spiro atoms. The van der Waals surface area contributed by atoms with E-state index < -0.39 is 0 Å². The molecular weight excluding hydrogens is 394 g/mol. The summed E-state index contributed by atoms with van der Waals surface area (Å²) in [5.41, 5.74) is 7.26. The van der Waals surface area contributed by atoms with E-state index in [2.05, 4.69) is 90.7 Å². The Balaban J connectivity index is 1.40. The third-order valence-corrected chi connectivity index (χ3v) is 8.15. The topological polar surface area (TPSA) is 32.7 Å². The van der Waals surface area contributed by atoms with Gasteiger partial charge in [0, 0.05) is 31.0 Å². The molecule has 3 aromatic rings. The van der Waals surface area contributed by atoms with Gasteiger partial charge in [-0.25, -0.2) is 0 Å². The number of hydrogen-bond donors (Lipinski definition) is 1. The molecule has 0 saturated carbocycles. The zero-order valence-corrected chi connectivity index (χ0v) is 18.6. The second-order valence-corrected chi connectivity index (χ2v) is 9.70. The Hall–Kier alpha value is -2.46. The van der Waals surface area contributed by atoms with Gasteiger partial charge in [-0.2, -0.15) is 0 Å². The number of ether oxygens (including phenoxy) is 1. The maximum atomic E-state index is 9.74. The highest BCUT2D eigenvalue weighted by molar-refractivity contribution is 5.56. The van der Waals surface area contributed by atoms with E-state index in [0.29, 0.717) is 30.3 Å². The highest BCUT2D eigenvalue weighted by Gasteiger charge is 2.49. The van der Waals surface area contributed by atoms with Crippen molar-refractivity contribution in [2.75, 3.05) is 19.8 Å². The van der Waals surface area contributed by atoms with Gasteiger partial charge in [0.05, 0.1) is 6.61 Å². The second-order valence-electron chi connectivity index (χ2n) is 9.70. The van der Waals surface area contributed by atoms with Crippen molar-refractivity contribution in [2.45, 2.75) is 37.5 Å². The molecule has 164 valence electrons. The normalized spacial score (nSPS) is 30.8. The first-order chi connectivity index (χ1) is 15.8. The lowest BCUT2D eigenvalue weighted by Crippen LogP contribution is -2.46. The molecule has 0 unspecified atom stereocenters. The maximum absolute atomic E-state index is 9.74. The quantitative estimate of drug-likeness (QED) is 0.601. The summed E-state index contributed by atoms with van der Waals surface area (Å²) in [6.45, 7) is 4.31. The molecule has 4 aliphatic rings. The molecule has 2 bridgehead atoms. The molecule has 3 aromatic carbocycles. The van der Waals surface area contributed by atoms with Crippen LogP contribution in [0.25, 0.3) is 0 Å². The molecule has 4 atom stereocenters. The number of aliphatic hydroxyl groups excluding tert-OH is 1. The smallest absolute Gasteiger partial charge is 0.137 e. The van der Waals surface area contributed by atoms with E-state index in [9.17, 15) is 5.11 Å². The summed E-state index contributed by atoms with van der Waals surface area (Å²) in [6.07, 6.45) is 0.719. The van der Waals surface area contributed by atoms with Crippen LogP contribution in [0.3, 0.4) is 0 Å². The first kappa shape index (κ1) is 20.2. The van der Waals surface area contributed by atoms with Gasteiger partial charge in [-0.15, -0.1) is 0 Å². The summed E-state index contributed by atoms with van der Waals surface area (Å²) < 4.78 is 6.33. The molecule has 1 N–H and O–H groups in total. The molecule has 3 nitrogen and oxygen atoms in total. The Bertz CT molecular complexity index is 1050. The van der Waals surface area contributed by atoms with Crippen LogP contribution >= 0.6 is 0 Å². The molecule has 0 radical (unpaired) electrons. The van der Waals surface area contributed by atoms with Crippen LogP contribution < -0.4 is 0 Å². The van der Waals surface area contributed by atoms with Gasteiger partial charge in [0.1, 0.15) is 6.23 Å². The maximum Gasteiger partial charge on any atom is 0.137 e. The van der Waals surface area contributed by atoms with Crippen molar-refractivity contribution in [3.8, 4) is 0 Å². The summed E-state index contributed by atoms with van der Waals surface area (Å²) in [5, 5.41) is 9.74. The van der Waals surface area contributed by atoms with Crippen LogP contribution in [-0.4, -0.2) is 35.8 Å². The van der Waals surface area contributed by atoms with Gasteiger partial charge < -0.3 is 9.84 Å². The predicted molar refractivity (Wildman–Crippen MR) is 127 cm³/mol. The van der Waals surface area contributed by atoms with E-state index in [4.69, 9.17) is 4.74 Å². The summed E-state index contributed by atoms with van der Waals surface area (Å²) in [5.74, 6) is 1.93. The standard InChI is InChI=1S/C29H31NO2/c1-19-26(17-30-21(15-16-31)18-32-29(30)20-9-3-2-4-10-20)28-24-13-7-5-11-22(24)27(19)23-12-6-8-14-25(23)28/h2-14,19,21,26-29,31H,15-18H2,1H3/t19-,21-,26-,27?,28?,29-/m1/s1. The van der Waals surface area contributed by atoms with E-state index in [1.165, 1.54) is 27.8 Å². The zero-order valence-electron chi connectivity index (χ0n) is 18.6. The predicted octanol–water partition coefficient (Wildman–Crippen LogP) is 5.31. The molecule has 32 heavy (non-hydrogen) atoms. The summed E-state index contributed by atoms with van der Waals surface area (Å²) in [4.78, 5) is 2.54. The van der Waals surface area contributed by atoms with Gasteiger partial charge in [0.15, 0.2) is 0 Å². The van der Waals surface area contributed by atoms with Gasteiger partial charge in [-0.05, 0) is 46.1 Å². The lowest BCUT2D eigenvalue weighted by molar-refractivity contribution is 0.00945. The fourth-order valence-corrected chi connectivity index (χ4v) is 6.72. The lowest BCUT2D eigenvalue weighted by atomic mass is 9.54. The Morgan fingerprint density at radius 2 is 1.38 bits per heavy atom. The number of hydrogen-bond acceptors (Lipinski definition) is 3. The third kappa shape index (κ3) is 3.07. The molecular formula is C29H31NO2. The van der Waals surface area contributed by atoms with Crippen molar-refractivity contribution in [2.24, 2.45) is 11.8 Å². The Kier molecular flexibility index (Phi) is 5.14. The molecule has 3 heteroatoms. The minimum Gasteiger partial charge on any atom is -0.396 e. The minimum atomic E-state index is -0.0362. The fourth-order valence-electron chi connectivity index (χ4n) is 6.72. The van der Waals surface area contributed by atoms with Crippen LogP contribution in [0, 0.1) is 11.8 Å². The number of benzene rings is 3. The summed E-state index contributed by atoms with van der Waals surface area (Å²) in [6, 6.07) is 29.0. The van der Waals surface area contributed by atoms with E-state index in [-0.39, 0.29) is 18.9 Å². The van der Waals surface area contributed by atoms with Gasteiger partial charge in [0.2, 0.25) is 0 Å². The Labute approximate surface area is 190 Å². The number of fused-ring (bicyclic) bond motifs is 1. The van der Waals surface area contributed by atoms with Crippen LogP contribution in [0.2, 0.25) is 0 Å². The van der Waals surface area contributed by atoms with Crippen LogP contribution in [-0.2, 0) is 4.74 Å². The van der Waals surface area contributed by atoms with E-state index >= 15 is 0 Å². The minimum absolute atomic E-state index is 0.0362. The Morgan fingerprint density at radius 1 is 0.812 bits per heavy atom. The SMILES string of the molecule is C[C@H]1C2c3ccccc3C(c3ccccc32)[C@@H]1CN1[C@H](CCO)CO[C@@H]1c1ccccc1. The molecule has 1 saturated heterocycles. The van der Waals surface area contributed by atoms with Gasteiger partial charge >= 0.3 is 0 Å². The largest absolute Gasteiger partial charge is 0.396 e. The number of aliphatic hydroxyl groups is 1. The van der Waals surface area contributed by atoms with E-state index in [1.54, 1.807) is 0 Å². The van der Waals surface area contributed by atoms with Crippen LogP contribution in [0.4, 0.5) is 0 Å². The van der Waals surface area contributed by atoms with Crippen molar-refractivity contribution < 1.29 is 9.84 Å². The van der Waals surface area contributed by atoms with Crippen LogP contribution in [0.1, 0.15) is 59.2 Å². The summed E-state index contributed by atoms with van der Waals surface area (Å²) in [7, 11) is 0. The highest BCUT2D eigenvalue weighted by Crippen LogP contribution is 2.58. The molecule has 7 rings (SSSR count). The molecule has 0 amide bonds. The molecule has 0 aromatic heterocycles. The van der Waals surface area contributed by atoms with Crippen LogP contribution in [0.15, 0.2) is 78.9 Å². The van der Waals surface area contributed by atoms with Crippen molar-refractivity contribution >= 4 is 0 Å². The second kappa shape index (κ2) is 8.15. The molecule has 1 heterocycles. The van der Waals surface area contributed by atoms with Crippen molar-refractivity contribution in [1.82, 2.24) is 4.90 Å². The van der Waals surface area contributed by atoms with Gasteiger partial charge in [-0.3, -0.25) is 4.90 Å². The Morgan fingerprint density at radius 3 is 1.97 bits per heavy atom. The van der Waals surface area contributed by atoms with Crippen molar-refractivity contribution in [1.29, 1.82) is 0 Å². The van der Waals surface area contributed by atoms with Gasteiger partial charge in [0.25, 0.3) is 0 Å². The lowest BCUT2D eigenvalue weighted by Gasteiger charge is -2.51. The fraction of sp³-hybridized carbons (Fsp3) is 0.379. The average Bonchev–Trinajstić information content (AvgIpc) is 3.23. The van der Waals surface area contributed by atoms with Gasteiger partial charge in [-0.1, -0.05) is 85.8 Å². The highest BCUT2D eigenvalue weighted by atomic mass is 16.5. The average molecular weight is 426 g/mol. The number of rotatable bonds is 5. The van der Waals surface area contributed by atoms with Crippen LogP contribution in [0.5, 0.6) is 0 Å². The monoisotopic (exact) mass is 425 g/mol. The van der Waals surface area contributed by atoms with E-state index in [1.807, 2.05) is 0 Å². The molecule has 3 aliphatic carbocycles. The van der Waals surface area contributed by atoms with Crippen molar-refractivity contribution in [3.05, 3.63) is 107 Å². The van der Waals surface area contributed by atoms with E-state index in [0.717, 1.165) is 13.0 Å². The molecule has 1 aliphatic heterocycles. The zero-order chi connectivity index (χ0) is 21.7. The first-order valence-electron chi connectivity index (χ1n) is 12.0.